The molecule has 3 aromatic heterocycles. The zero-order valence-electron chi connectivity index (χ0n) is 17.3. The van der Waals surface area contributed by atoms with Crippen LogP contribution < -0.4 is 5.32 Å². The number of carbonyl (C=O) groups excluding carboxylic acids is 1. The second kappa shape index (κ2) is 8.48. The van der Waals surface area contributed by atoms with Crippen molar-refractivity contribution in [1.82, 2.24) is 19.9 Å². The number of imidazole rings is 1. The molecule has 0 atom stereocenters. The number of nitrogens with one attached hydrogen (secondary N) is 1. The average molecular weight is 467 g/mol. The standard InChI is InChI=1S/C23H22N4O3S2/c28-23(19-12-17-9-10-24-14-20(17)31-19)26-13-16-5-7-18(8-6-16)32(29,30)22-15-25-21-4-2-1-3-11-27(21)22/h5-10,12,14-15H,1-4,11,13H2,(H,26,28). The molecule has 0 aliphatic carbocycles. The van der Waals surface area contributed by atoms with E-state index in [1.54, 1.807) is 36.7 Å². The Kier molecular flexibility index (Phi) is 5.52. The maximum absolute atomic E-state index is 13.2. The van der Waals surface area contributed by atoms with Gasteiger partial charge in [0.2, 0.25) is 9.84 Å². The van der Waals surface area contributed by atoms with E-state index in [1.165, 1.54) is 17.5 Å². The molecule has 7 nitrogen and oxygen atoms in total. The molecular weight excluding hydrogens is 444 g/mol. The van der Waals surface area contributed by atoms with Gasteiger partial charge in [0.15, 0.2) is 5.03 Å². The molecule has 4 heterocycles. The molecule has 0 saturated heterocycles. The highest BCUT2D eigenvalue weighted by Gasteiger charge is 2.25. The number of hydrogen-bond donors (Lipinski definition) is 1. The minimum Gasteiger partial charge on any atom is -0.347 e. The summed E-state index contributed by atoms with van der Waals surface area (Å²) in [5, 5.41) is 4.14. The van der Waals surface area contributed by atoms with Crippen molar-refractivity contribution in [1.29, 1.82) is 0 Å². The third kappa shape index (κ3) is 3.93. The number of sulfone groups is 1. The quantitative estimate of drug-likeness (QED) is 0.480. The molecule has 0 spiro atoms. The number of fused-ring (bicyclic) bond motifs is 2. The number of aromatic nitrogens is 3. The number of nitrogens with zero attached hydrogens (tertiary/aromatic N) is 3. The Morgan fingerprint density at radius 3 is 2.75 bits per heavy atom. The van der Waals surface area contributed by atoms with E-state index in [0.29, 0.717) is 18.0 Å². The van der Waals surface area contributed by atoms with Crippen molar-refractivity contribution in [2.75, 3.05) is 0 Å². The van der Waals surface area contributed by atoms with Gasteiger partial charge in [-0.15, -0.1) is 11.3 Å². The summed E-state index contributed by atoms with van der Waals surface area (Å²) in [6.07, 6.45) is 8.82. The number of amides is 1. The van der Waals surface area contributed by atoms with E-state index in [4.69, 9.17) is 0 Å². The molecule has 0 bridgehead atoms. The smallest absolute Gasteiger partial charge is 0.261 e. The fourth-order valence-electron chi connectivity index (χ4n) is 3.95. The number of benzene rings is 1. The van der Waals surface area contributed by atoms with Crippen LogP contribution in [0.15, 0.2) is 64.9 Å². The van der Waals surface area contributed by atoms with Crippen molar-refractivity contribution in [3.63, 3.8) is 0 Å². The number of thiophene rings is 1. The molecule has 1 aliphatic rings. The third-order valence-electron chi connectivity index (χ3n) is 5.69. The van der Waals surface area contributed by atoms with Crippen molar-refractivity contribution in [3.05, 3.63) is 71.3 Å². The van der Waals surface area contributed by atoms with Gasteiger partial charge in [-0.05, 0) is 48.1 Å². The zero-order valence-corrected chi connectivity index (χ0v) is 19.0. The van der Waals surface area contributed by atoms with Gasteiger partial charge < -0.3 is 9.88 Å². The zero-order chi connectivity index (χ0) is 22.1. The third-order valence-corrected chi connectivity index (χ3v) is 8.55. The Bertz CT molecular complexity index is 1360. The van der Waals surface area contributed by atoms with Crippen molar-refractivity contribution in [2.24, 2.45) is 0 Å². The van der Waals surface area contributed by atoms with Gasteiger partial charge in [0, 0.05) is 31.9 Å². The lowest BCUT2D eigenvalue weighted by atomic mass is 10.2. The Hall–Kier alpha value is -3.04. The minimum atomic E-state index is -3.65. The maximum Gasteiger partial charge on any atom is 0.261 e. The predicted molar refractivity (Wildman–Crippen MR) is 122 cm³/mol. The lowest BCUT2D eigenvalue weighted by Gasteiger charge is -2.10. The Labute approximate surface area is 190 Å². The van der Waals surface area contributed by atoms with Crippen LogP contribution in [0.5, 0.6) is 0 Å². The summed E-state index contributed by atoms with van der Waals surface area (Å²) in [7, 11) is -3.65. The number of carbonyl (C=O) groups is 1. The van der Waals surface area contributed by atoms with E-state index in [2.05, 4.69) is 15.3 Å². The van der Waals surface area contributed by atoms with Crippen LogP contribution in [0.4, 0.5) is 0 Å². The van der Waals surface area contributed by atoms with Crippen LogP contribution >= 0.6 is 11.3 Å². The molecule has 5 rings (SSSR count). The highest BCUT2D eigenvalue weighted by Crippen LogP contribution is 2.26. The van der Waals surface area contributed by atoms with Crippen molar-refractivity contribution in [3.8, 4) is 0 Å². The van der Waals surface area contributed by atoms with Gasteiger partial charge in [-0.2, -0.15) is 0 Å². The molecular formula is C23H22N4O3S2. The molecule has 1 N–H and O–H groups in total. The molecule has 1 aliphatic heterocycles. The minimum absolute atomic E-state index is 0.162. The molecule has 9 heteroatoms. The first kappa shape index (κ1) is 20.8. The summed E-state index contributed by atoms with van der Waals surface area (Å²) in [4.78, 5) is 21.8. The molecule has 4 aromatic rings. The summed E-state index contributed by atoms with van der Waals surface area (Å²) in [6.45, 7) is 0.996. The molecule has 0 radical (unpaired) electrons. The van der Waals surface area contributed by atoms with Gasteiger partial charge in [0.1, 0.15) is 5.82 Å². The van der Waals surface area contributed by atoms with Crippen LogP contribution in [0.3, 0.4) is 0 Å². The van der Waals surface area contributed by atoms with E-state index in [0.717, 1.165) is 47.2 Å². The lowest BCUT2D eigenvalue weighted by Crippen LogP contribution is -2.21. The second-order valence-electron chi connectivity index (χ2n) is 7.83. The monoisotopic (exact) mass is 466 g/mol. The van der Waals surface area contributed by atoms with Gasteiger partial charge in [-0.25, -0.2) is 13.4 Å². The van der Waals surface area contributed by atoms with E-state index in [9.17, 15) is 13.2 Å². The van der Waals surface area contributed by atoms with Crippen LogP contribution in [0.2, 0.25) is 0 Å². The molecule has 1 aromatic carbocycles. The van der Waals surface area contributed by atoms with E-state index < -0.39 is 9.84 Å². The molecule has 0 saturated carbocycles. The first-order chi connectivity index (χ1) is 15.5. The first-order valence-electron chi connectivity index (χ1n) is 10.5. The fraction of sp³-hybridized carbons (Fsp3) is 0.261. The van der Waals surface area contributed by atoms with Crippen LogP contribution in [-0.4, -0.2) is 28.9 Å². The predicted octanol–water partition coefficient (Wildman–Crippen LogP) is 3.98. The van der Waals surface area contributed by atoms with Gasteiger partial charge in [0.05, 0.1) is 20.7 Å². The number of pyridine rings is 1. The highest BCUT2D eigenvalue weighted by atomic mass is 32.2. The normalized spacial score (nSPS) is 14.1. The number of aryl methyl sites for hydroxylation is 1. The fourth-order valence-corrected chi connectivity index (χ4v) is 6.31. The van der Waals surface area contributed by atoms with Crippen molar-refractivity contribution in [2.45, 2.75) is 48.7 Å². The molecule has 0 unspecified atom stereocenters. The number of rotatable bonds is 5. The molecule has 1 amide bonds. The summed E-state index contributed by atoms with van der Waals surface area (Å²) < 4.78 is 29.2. The molecule has 0 fully saturated rings. The van der Waals surface area contributed by atoms with E-state index in [1.807, 2.05) is 16.7 Å². The second-order valence-corrected chi connectivity index (χ2v) is 10.8. The van der Waals surface area contributed by atoms with Crippen LogP contribution in [0.1, 0.15) is 40.3 Å². The average Bonchev–Trinajstić information content (AvgIpc) is 3.36. The summed E-state index contributed by atoms with van der Waals surface area (Å²) in [5.41, 5.74) is 0.826. The number of hydrogen-bond acceptors (Lipinski definition) is 6. The Morgan fingerprint density at radius 1 is 1.09 bits per heavy atom. The van der Waals surface area contributed by atoms with Gasteiger partial charge in [0.25, 0.3) is 5.91 Å². The highest BCUT2D eigenvalue weighted by molar-refractivity contribution is 7.91. The SMILES string of the molecule is O=C(NCc1ccc(S(=O)(=O)c2cnc3n2CCCCC3)cc1)c1cc2ccncc2s1. The largest absolute Gasteiger partial charge is 0.347 e. The molecule has 164 valence electrons. The van der Waals surface area contributed by atoms with Crippen molar-refractivity contribution >= 4 is 37.2 Å². The van der Waals surface area contributed by atoms with Crippen LogP contribution in [-0.2, 0) is 29.3 Å². The van der Waals surface area contributed by atoms with Gasteiger partial charge in [-0.3, -0.25) is 9.78 Å². The van der Waals surface area contributed by atoms with Crippen LogP contribution in [0.25, 0.3) is 10.1 Å². The summed E-state index contributed by atoms with van der Waals surface area (Å²) in [6, 6.07) is 10.4. The molecule has 32 heavy (non-hydrogen) atoms. The lowest BCUT2D eigenvalue weighted by molar-refractivity contribution is 0.0955. The summed E-state index contributed by atoms with van der Waals surface area (Å²) in [5.74, 6) is 0.683. The maximum atomic E-state index is 13.2. The summed E-state index contributed by atoms with van der Waals surface area (Å²) >= 11 is 1.40. The first-order valence-corrected chi connectivity index (χ1v) is 12.8. The van der Waals surface area contributed by atoms with Gasteiger partial charge in [-0.1, -0.05) is 18.6 Å². The topological polar surface area (TPSA) is 94.0 Å². The Morgan fingerprint density at radius 2 is 1.94 bits per heavy atom. The van der Waals surface area contributed by atoms with E-state index >= 15 is 0 Å². The Balaban J connectivity index is 1.30. The van der Waals surface area contributed by atoms with E-state index in [-0.39, 0.29) is 15.8 Å². The van der Waals surface area contributed by atoms with Gasteiger partial charge >= 0.3 is 0 Å². The van der Waals surface area contributed by atoms with Crippen molar-refractivity contribution < 1.29 is 13.2 Å². The van der Waals surface area contributed by atoms with Crippen LogP contribution in [0, 0.1) is 0 Å².